The van der Waals surface area contributed by atoms with Gasteiger partial charge >= 0.3 is 0 Å². The fourth-order valence-corrected chi connectivity index (χ4v) is 2.79. The molecule has 4 nitrogen and oxygen atoms in total. The molecule has 0 saturated carbocycles. The van der Waals surface area contributed by atoms with Crippen molar-refractivity contribution in [2.45, 2.75) is 25.8 Å². The number of halogens is 1. The maximum absolute atomic E-state index is 13.7. The summed E-state index contributed by atoms with van der Waals surface area (Å²) in [6.07, 6.45) is 2.11. The molecule has 0 bridgehead atoms. The van der Waals surface area contributed by atoms with Crippen LogP contribution in [0.1, 0.15) is 30.1 Å². The topological polar surface area (TPSA) is 41.6 Å². The Morgan fingerprint density at radius 1 is 1.43 bits per heavy atom. The first-order valence-electron chi connectivity index (χ1n) is 7.47. The smallest absolute Gasteiger partial charge is 0.176 e. The SMILES string of the molecule is CCN(CC(=O)c1ccc(OC)c(F)c1)C1CCNCC1. The molecule has 116 valence electrons. The van der Waals surface area contributed by atoms with Gasteiger partial charge in [-0.1, -0.05) is 6.92 Å². The van der Waals surface area contributed by atoms with Crippen LogP contribution in [0.25, 0.3) is 0 Å². The Balaban J connectivity index is 2.03. The van der Waals surface area contributed by atoms with Gasteiger partial charge in [0.25, 0.3) is 0 Å². The van der Waals surface area contributed by atoms with Crippen molar-refractivity contribution in [3.05, 3.63) is 29.6 Å². The van der Waals surface area contributed by atoms with E-state index in [1.54, 1.807) is 6.07 Å². The van der Waals surface area contributed by atoms with Crippen LogP contribution in [0.5, 0.6) is 5.75 Å². The van der Waals surface area contributed by atoms with Crippen LogP contribution in [-0.4, -0.2) is 50.0 Å². The number of hydrogen-bond acceptors (Lipinski definition) is 4. The quantitative estimate of drug-likeness (QED) is 0.816. The van der Waals surface area contributed by atoms with E-state index in [-0.39, 0.29) is 11.5 Å². The lowest BCUT2D eigenvalue weighted by molar-refractivity contribution is 0.0873. The van der Waals surface area contributed by atoms with Crippen molar-refractivity contribution in [2.24, 2.45) is 0 Å². The van der Waals surface area contributed by atoms with Crippen LogP contribution >= 0.6 is 0 Å². The van der Waals surface area contributed by atoms with E-state index in [2.05, 4.69) is 17.1 Å². The van der Waals surface area contributed by atoms with Crippen LogP contribution in [-0.2, 0) is 0 Å². The molecule has 1 aliphatic rings. The summed E-state index contributed by atoms with van der Waals surface area (Å²) in [6, 6.07) is 4.82. The van der Waals surface area contributed by atoms with Gasteiger partial charge < -0.3 is 10.1 Å². The van der Waals surface area contributed by atoms with Crippen molar-refractivity contribution in [3.63, 3.8) is 0 Å². The third-order valence-electron chi connectivity index (χ3n) is 4.05. The Morgan fingerprint density at radius 3 is 2.71 bits per heavy atom. The van der Waals surface area contributed by atoms with Gasteiger partial charge in [0.15, 0.2) is 17.3 Å². The summed E-state index contributed by atoms with van der Waals surface area (Å²) in [5, 5.41) is 3.32. The molecule has 0 unspecified atom stereocenters. The first-order valence-corrected chi connectivity index (χ1v) is 7.47. The summed E-state index contributed by atoms with van der Waals surface area (Å²) < 4.78 is 18.6. The number of nitrogens with zero attached hydrogens (tertiary/aromatic N) is 1. The second-order valence-electron chi connectivity index (χ2n) is 5.32. The molecule has 0 aromatic heterocycles. The number of benzene rings is 1. The molecule has 1 aromatic carbocycles. The van der Waals surface area contributed by atoms with Crippen molar-refractivity contribution in [1.29, 1.82) is 0 Å². The van der Waals surface area contributed by atoms with Gasteiger partial charge in [-0.2, -0.15) is 0 Å². The largest absolute Gasteiger partial charge is 0.494 e. The normalized spacial score (nSPS) is 16.2. The molecule has 1 fully saturated rings. The molecule has 5 heteroatoms. The summed E-state index contributed by atoms with van der Waals surface area (Å²) in [5.41, 5.74) is 0.403. The molecule has 1 N–H and O–H groups in total. The Morgan fingerprint density at radius 2 is 2.14 bits per heavy atom. The fraction of sp³-hybridized carbons (Fsp3) is 0.562. The summed E-state index contributed by atoms with van der Waals surface area (Å²) in [6.45, 7) is 5.21. The number of carbonyl (C=O) groups is 1. The van der Waals surface area contributed by atoms with Crippen LogP contribution in [0.3, 0.4) is 0 Å². The highest BCUT2D eigenvalue weighted by Gasteiger charge is 2.22. The lowest BCUT2D eigenvalue weighted by Crippen LogP contribution is -2.45. The van der Waals surface area contributed by atoms with Crippen molar-refractivity contribution >= 4 is 5.78 Å². The fourth-order valence-electron chi connectivity index (χ4n) is 2.79. The van der Waals surface area contributed by atoms with E-state index in [4.69, 9.17) is 4.74 Å². The molecule has 1 aliphatic heterocycles. The number of Topliss-reactive ketones (excluding diaryl/α,β-unsaturated/α-hetero) is 1. The van der Waals surface area contributed by atoms with Crippen LogP contribution in [0, 0.1) is 5.82 Å². The average molecular weight is 294 g/mol. The van der Waals surface area contributed by atoms with Gasteiger partial charge in [-0.25, -0.2) is 4.39 Å². The van der Waals surface area contributed by atoms with E-state index in [0.717, 1.165) is 32.5 Å². The summed E-state index contributed by atoms with van der Waals surface area (Å²) in [7, 11) is 1.41. The molecule has 1 aromatic rings. The Bertz CT molecular complexity index is 487. The first-order chi connectivity index (χ1) is 10.2. The van der Waals surface area contributed by atoms with Crippen LogP contribution in [0.4, 0.5) is 4.39 Å². The minimum Gasteiger partial charge on any atom is -0.494 e. The van der Waals surface area contributed by atoms with Crippen LogP contribution in [0.2, 0.25) is 0 Å². The molecule has 2 rings (SSSR count). The highest BCUT2D eigenvalue weighted by atomic mass is 19.1. The average Bonchev–Trinajstić information content (AvgIpc) is 2.53. The zero-order chi connectivity index (χ0) is 15.2. The van der Waals surface area contributed by atoms with Gasteiger partial charge in [-0.15, -0.1) is 0 Å². The Labute approximate surface area is 125 Å². The number of ketones is 1. The minimum atomic E-state index is -0.492. The van der Waals surface area contributed by atoms with Gasteiger partial charge in [0.2, 0.25) is 0 Å². The molecule has 0 atom stereocenters. The van der Waals surface area contributed by atoms with Crippen molar-refractivity contribution in [3.8, 4) is 5.75 Å². The van der Waals surface area contributed by atoms with E-state index in [1.807, 2.05) is 0 Å². The number of piperidine rings is 1. The zero-order valence-corrected chi connectivity index (χ0v) is 12.7. The lowest BCUT2D eigenvalue weighted by Gasteiger charge is -2.33. The van der Waals surface area contributed by atoms with Crippen LogP contribution < -0.4 is 10.1 Å². The van der Waals surface area contributed by atoms with Gasteiger partial charge in [0, 0.05) is 11.6 Å². The Kier molecular flexibility index (Phi) is 5.70. The number of likely N-dealkylation sites (N-methyl/N-ethyl adjacent to an activating group) is 1. The summed E-state index contributed by atoms with van der Waals surface area (Å²) in [5.74, 6) is -0.373. The third kappa shape index (κ3) is 4.02. The van der Waals surface area contributed by atoms with E-state index in [1.165, 1.54) is 19.2 Å². The van der Waals surface area contributed by atoms with Gasteiger partial charge in [-0.3, -0.25) is 9.69 Å². The molecule has 21 heavy (non-hydrogen) atoms. The number of rotatable bonds is 6. The molecule has 1 heterocycles. The zero-order valence-electron chi connectivity index (χ0n) is 12.7. The lowest BCUT2D eigenvalue weighted by atomic mass is 10.0. The van der Waals surface area contributed by atoms with Crippen molar-refractivity contribution < 1.29 is 13.9 Å². The van der Waals surface area contributed by atoms with E-state index >= 15 is 0 Å². The first kappa shape index (κ1) is 15.9. The number of nitrogens with one attached hydrogen (secondary N) is 1. The second-order valence-corrected chi connectivity index (χ2v) is 5.32. The van der Waals surface area contributed by atoms with Crippen molar-refractivity contribution in [1.82, 2.24) is 10.2 Å². The third-order valence-corrected chi connectivity index (χ3v) is 4.05. The molecular weight excluding hydrogens is 271 g/mol. The molecular formula is C16H23FN2O2. The van der Waals surface area contributed by atoms with Crippen molar-refractivity contribution in [2.75, 3.05) is 33.3 Å². The van der Waals surface area contributed by atoms with Gasteiger partial charge in [0.1, 0.15) is 0 Å². The second kappa shape index (κ2) is 7.52. The van der Waals surface area contributed by atoms with Crippen LogP contribution in [0.15, 0.2) is 18.2 Å². The predicted molar refractivity (Wildman–Crippen MR) is 80.4 cm³/mol. The summed E-state index contributed by atoms with van der Waals surface area (Å²) >= 11 is 0. The van der Waals surface area contributed by atoms with E-state index < -0.39 is 5.82 Å². The highest BCUT2D eigenvalue weighted by Crippen LogP contribution is 2.19. The Hall–Kier alpha value is -1.46. The number of carbonyl (C=O) groups excluding carboxylic acids is 1. The van der Waals surface area contributed by atoms with E-state index in [9.17, 15) is 9.18 Å². The summed E-state index contributed by atoms with van der Waals surface area (Å²) in [4.78, 5) is 14.5. The maximum atomic E-state index is 13.7. The molecule has 0 aliphatic carbocycles. The van der Waals surface area contributed by atoms with Gasteiger partial charge in [0.05, 0.1) is 13.7 Å². The molecule has 0 spiro atoms. The predicted octanol–water partition coefficient (Wildman–Crippen LogP) is 2.09. The van der Waals surface area contributed by atoms with Gasteiger partial charge in [-0.05, 0) is 50.7 Å². The minimum absolute atomic E-state index is 0.0445. The standard InChI is InChI=1S/C16H23FN2O2/c1-3-19(13-6-8-18-9-7-13)11-15(20)12-4-5-16(21-2)14(17)10-12/h4-5,10,13,18H,3,6-9,11H2,1-2H3. The number of ether oxygens (including phenoxy) is 1. The highest BCUT2D eigenvalue weighted by molar-refractivity contribution is 5.97. The number of methoxy groups -OCH3 is 1. The molecule has 0 amide bonds. The number of hydrogen-bond donors (Lipinski definition) is 1. The maximum Gasteiger partial charge on any atom is 0.176 e. The monoisotopic (exact) mass is 294 g/mol. The van der Waals surface area contributed by atoms with E-state index in [0.29, 0.717) is 18.2 Å². The molecule has 0 radical (unpaired) electrons. The molecule has 1 saturated heterocycles.